The Morgan fingerprint density at radius 2 is 1.31 bits per heavy atom. The van der Waals surface area contributed by atoms with Crippen LogP contribution in [0, 0.1) is 0 Å². The van der Waals surface area contributed by atoms with Crippen LogP contribution in [0.15, 0.2) is 4.99 Å². The van der Waals surface area contributed by atoms with Gasteiger partial charge in [0.05, 0.1) is 12.5 Å². The second-order valence-corrected chi connectivity index (χ2v) is 7.27. The Morgan fingerprint density at radius 3 is 1.72 bits per heavy atom. The number of carbonyl (C=O) groups excluding carboxylic acids is 3. The average Bonchev–Trinajstić information content (AvgIpc) is 2.70. The first kappa shape index (κ1) is 29.3. The molecular weight excluding hydrogens is 466 g/mol. The number of rotatable bonds is 15. The number of hydrogen-bond acceptors (Lipinski definition) is 9. The van der Waals surface area contributed by atoms with Crippen molar-refractivity contribution in [2.24, 2.45) is 22.2 Å². The van der Waals surface area contributed by atoms with Gasteiger partial charge >= 0.3 is 11.9 Å². The second kappa shape index (κ2) is 15.1. The Balaban J connectivity index is 4.97. The van der Waals surface area contributed by atoms with Gasteiger partial charge in [0.15, 0.2) is 5.96 Å². The number of carboxylic acids is 2. The van der Waals surface area contributed by atoms with E-state index >= 15 is 0 Å². The molecule has 32 heavy (non-hydrogen) atoms. The zero-order valence-electron chi connectivity index (χ0n) is 17.1. The Morgan fingerprint density at radius 1 is 0.844 bits per heavy atom. The van der Waals surface area contributed by atoms with Crippen molar-refractivity contribution in [2.75, 3.05) is 18.1 Å². The van der Waals surface area contributed by atoms with Crippen LogP contribution in [0.5, 0.6) is 0 Å². The van der Waals surface area contributed by atoms with E-state index in [0.29, 0.717) is 0 Å². The van der Waals surface area contributed by atoms with Gasteiger partial charge < -0.3 is 43.4 Å². The molecule has 0 bridgehead atoms. The molecule has 4 atom stereocenters. The maximum Gasteiger partial charge on any atom is 0.326 e. The number of carbonyl (C=O) groups is 5. The zero-order valence-corrected chi connectivity index (χ0v) is 18.9. The van der Waals surface area contributed by atoms with Gasteiger partial charge in [-0.15, -0.1) is 0 Å². The maximum absolute atomic E-state index is 12.4. The molecule has 0 saturated heterocycles. The fraction of sp³-hybridized carbons (Fsp3) is 0.625. The van der Waals surface area contributed by atoms with Crippen molar-refractivity contribution < 1.29 is 34.2 Å². The smallest absolute Gasteiger partial charge is 0.326 e. The highest BCUT2D eigenvalue weighted by Crippen LogP contribution is 2.01. The van der Waals surface area contributed by atoms with E-state index in [1.54, 1.807) is 0 Å². The molecule has 0 aromatic rings. The van der Waals surface area contributed by atoms with E-state index in [2.05, 4.69) is 46.2 Å². The van der Waals surface area contributed by atoms with Crippen LogP contribution in [0.4, 0.5) is 0 Å². The summed E-state index contributed by atoms with van der Waals surface area (Å²) in [4.78, 5) is 62.5. The molecule has 11 N–H and O–H groups in total. The lowest BCUT2D eigenvalue weighted by molar-refractivity contribution is -0.142. The molecule has 0 aliphatic carbocycles. The number of carboxylic acid groups (broad SMARTS) is 2. The fourth-order valence-corrected chi connectivity index (χ4v) is 2.77. The number of nitrogens with zero attached hydrogens (tertiary/aromatic N) is 1. The summed E-state index contributed by atoms with van der Waals surface area (Å²) in [6.07, 6.45) is -0.340. The predicted octanol–water partition coefficient (Wildman–Crippen LogP) is -3.76. The SMILES string of the molecule is NC(N)=NCCCC(NC(=O)C(CS)NC(=O)C(CS)NC(=O)C(N)CC(=O)O)C(=O)O. The molecule has 0 rings (SSSR count). The third-order valence-electron chi connectivity index (χ3n) is 3.92. The summed E-state index contributed by atoms with van der Waals surface area (Å²) in [6, 6.07) is -5.10. The summed E-state index contributed by atoms with van der Waals surface area (Å²) in [6.45, 7) is 0.169. The molecule has 3 amide bonds. The van der Waals surface area contributed by atoms with Crippen LogP contribution in [-0.4, -0.2) is 88.1 Å². The van der Waals surface area contributed by atoms with Crippen LogP contribution in [-0.2, 0) is 24.0 Å². The number of nitrogens with one attached hydrogen (secondary N) is 3. The van der Waals surface area contributed by atoms with Crippen molar-refractivity contribution in [1.82, 2.24) is 16.0 Å². The first-order chi connectivity index (χ1) is 14.9. The number of aliphatic imine (C=N–C) groups is 1. The first-order valence-electron chi connectivity index (χ1n) is 9.31. The van der Waals surface area contributed by atoms with Crippen LogP contribution in [0.1, 0.15) is 19.3 Å². The molecule has 14 nitrogen and oxygen atoms in total. The standard InChI is InChI=1S/C16H29N7O7S2/c17-7(4-11(24)25)12(26)22-9(5-31)14(28)23-10(6-32)13(27)21-8(15(29)30)2-1-3-20-16(18)19/h7-10,31-32H,1-6,17H2,(H,21,27)(H,22,26)(H,23,28)(H,24,25)(H,29,30)(H4,18,19,20). The Labute approximate surface area is 194 Å². The highest BCUT2D eigenvalue weighted by molar-refractivity contribution is 7.80. The summed E-state index contributed by atoms with van der Waals surface area (Å²) in [5.74, 6) is -5.60. The normalized spacial score (nSPS) is 14.2. The summed E-state index contributed by atoms with van der Waals surface area (Å²) in [5.41, 5.74) is 15.8. The van der Waals surface area contributed by atoms with E-state index in [1.807, 2.05) is 0 Å². The molecule has 0 aromatic carbocycles. The number of guanidine groups is 1. The third kappa shape index (κ3) is 11.6. The minimum absolute atomic E-state index is 0.0296. The van der Waals surface area contributed by atoms with Crippen LogP contribution in [0.25, 0.3) is 0 Å². The van der Waals surface area contributed by atoms with E-state index in [9.17, 15) is 29.1 Å². The molecule has 0 aliphatic rings. The van der Waals surface area contributed by atoms with Gasteiger partial charge in [-0.05, 0) is 12.8 Å². The molecule has 0 aromatic heterocycles. The van der Waals surface area contributed by atoms with E-state index in [1.165, 1.54) is 0 Å². The van der Waals surface area contributed by atoms with E-state index in [-0.39, 0.29) is 36.9 Å². The van der Waals surface area contributed by atoms with Gasteiger partial charge in [-0.2, -0.15) is 25.3 Å². The lowest BCUT2D eigenvalue weighted by Crippen LogP contribution is -2.58. The molecule has 4 unspecified atom stereocenters. The molecule has 182 valence electrons. The lowest BCUT2D eigenvalue weighted by Gasteiger charge is -2.23. The largest absolute Gasteiger partial charge is 0.481 e. The molecule has 16 heteroatoms. The highest BCUT2D eigenvalue weighted by Gasteiger charge is 2.29. The molecule has 0 spiro atoms. The molecule has 0 radical (unpaired) electrons. The Kier molecular flexibility index (Phi) is 13.9. The molecule has 0 aliphatic heterocycles. The second-order valence-electron chi connectivity index (χ2n) is 6.54. The van der Waals surface area contributed by atoms with E-state index in [4.69, 9.17) is 22.3 Å². The van der Waals surface area contributed by atoms with Crippen LogP contribution >= 0.6 is 25.3 Å². The summed E-state index contributed by atoms with van der Waals surface area (Å²) < 4.78 is 0. The Hall–Kier alpha value is -2.72. The quantitative estimate of drug-likeness (QED) is 0.0459. The van der Waals surface area contributed by atoms with Gasteiger partial charge in [0.2, 0.25) is 17.7 Å². The van der Waals surface area contributed by atoms with Crippen molar-refractivity contribution in [1.29, 1.82) is 0 Å². The maximum atomic E-state index is 12.4. The molecule has 0 heterocycles. The van der Waals surface area contributed by atoms with Crippen molar-refractivity contribution in [3.05, 3.63) is 0 Å². The molecule has 0 saturated carbocycles. The van der Waals surface area contributed by atoms with Crippen LogP contribution < -0.4 is 33.2 Å². The average molecular weight is 496 g/mol. The van der Waals surface area contributed by atoms with Gasteiger partial charge in [0.1, 0.15) is 18.1 Å². The van der Waals surface area contributed by atoms with Crippen LogP contribution in [0.2, 0.25) is 0 Å². The number of nitrogens with two attached hydrogens (primary N) is 3. The van der Waals surface area contributed by atoms with Crippen molar-refractivity contribution in [2.45, 2.75) is 43.4 Å². The van der Waals surface area contributed by atoms with Gasteiger partial charge in [0, 0.05) is 18.1 Å². The van der Waals surface area contributed by atoms with Gasteiger partial charge in [0.25, 0.3) is 0 Å². The number of amides is 3. The number of hydrogen-bond donors (Lipinski definition) is 10. The summed E-state index contributed by atoms with van der Waals surface area (Å²) in [5, 5.41) is 24.8. The summed E-state index contributed by atoms with van der Waals surface area (Å²) in [7, 11) is 0. The zero-order chi connectivity index (χ0) is 24.8. The molecule has 0 fully saturated rings. The Bertz CT molecular complexity index is 719. The van der Waals surface area contributed by atoms with E-state index < -0.39 is 60.2 Å². The number of aliphatic carboxylic acids is 2. The fourth-order valence-electron chi connectivity index (χ4n) is 2.25. The number of thiol groups is 2. The minimum atomic E-state index is -1.39. The van der Waals surface area contributed by atoms with Crippen molar-refractivity contribution in [3.63, 3.8) is 0 Å². The highest BCUT2D eigenvalue weighted by atomic mass is 32.1. The van der Waals surface area contributed by atoms with Gasteiger partial charge in [-0.25, -0.2) is 4.79 Å². The summed E-state index contributed by atoms with van der Waals surface area (Å²) >= 11 is 7.95. The minimum Gasteiger partial charge on any atom is -0.481 e. The van der Waals surface area contributed by atoms with E-state index in [0.717, 1.165) is 0 Å². The van der Waals surface area contributed by atoms with Crippen LogP contribution in [0.3, 0.4) is 0 Å². The first-order valence-corrected chi connectivity index (χ1v) is 10.6. The third-order valence-corrected chi connectivity index (χ3v) is 4.65. The monoisotopic (exact) mass is 495 g/mol. The topological polar surface area (TPSA) is 252 Å². The lowest BCUT2D eigenvalue weighted by atomic mass is 10.1. The van der Waals surface area contributed by atoms with Crippen molar-refractivity contribution >= 4 is 60.9 Å². The van der Waals surface area contributed by atoms with Gasteiger partial charge in [-0.1, -0.05) is 0 Å². The van der Waals surface area contributed by atoms with Gasteiger partial charge in [-0.3, -0.25) is 24.2 Å². The van der Waals surface area contributed by atoms with Crippen molar-refractivity contribution in [3.8, 4) is 0 Å². The molecular formula is C16H29N7O7S2. The predicted molar refractivity (Wildman–Crippen MR) is 121 cm³/mol.